The van der Waals surface area contributed by atoms with E-state index >= 15 is 0 Å². The average molecular weight is 349 g/mol. The molecule has 1 aromatic carbocycles. The monoisotopic (exact) mass is 349 g/mol. The van der Waals surface area contributed by atoms with Gasteiger partial charge in [0.2, 0.25) is 0 Å². The van der Waals surface area contributed by atoms with E-state index in [2.05, 4.69) is 17.4 Å². The van der Waals surface area contributed by atoms with Crippen molar-refractivity contribution in [2.24, 2.45) is 5.92 Å². The third-order valence-corrected chi connectivity index (χ3v) is 3.74. The number of hydrogen-bond donors (Lipinski definition) is 2. The zero-order valence-corrected chi connectivity index (χ0v) is 13.6. The van der Waals surface area contributed by atoms with Gasteiger partial charge in [0.15, 0.2) is 0 Å². The van der Waals surface area contributed by atoms with Gasteiger partial charge >= 0.3 is 12.1 Å². The molecule has 1 heterocycles. The summed E-state index contributed by atoms with van der Waals surface area (Å²) >= 11 is 0. The van der Waals surface area contributed by atoms with Crippen LogP contribution in [-0.2, 0) is 16.0 Å². The van der Waals surface area contributed by atoms with Crippen molar-refractivity contribution in [2.45, 2.75) is 25.1 Å². The third-order valence-electron chi connectivity index (χ3n) is 3.74. The molecule has 24 heavy (non-hydrogen) atoms. The molecule has 2 N–H and O–H groups in total. The molecule has 0 amide bonds. The molecule has 1 saturated heterocycles. The largest absolute Gasteiger partial charge is 0.497 e. The number of aliphatic carboxylic acids is 1. The second-order valence-electron chi connectivity index (χ2n) is 5.38. The molecule has 1 fully saturated rings. The number of piperidine rings is 1. The van der Waals surface area contributed by atoms with E-state index in [-0.39, 0.29) is 0 Å². The van der Waals surface area contributed by atoms with E-state index in [1.54, 1.807) is 7.11 Å². The molecule has 0 bridgehead atoms. The van der Waals surface area contributed by atoms with Gasteiger partial charge in [-0.2, -0.15) is 13.2 Å². The van der Waals surface area contributed by atoms with Gasteiger partial charge in [-0.05, 0) is 37.1 Å². The first-order valence-corrected chi connectivity index (χ1v) is 7.44. The van der Waals surface area contributed by atoms with Crippen molar-refractivity contribution in [1.29, 1.82) is 0 Å². The second kappa shape index (κ2) is 9.48. The Morgan fingerprint density at radius 2 is 1.88 bits per heavy atom. The summed E-state index contributed by atoms with van der Waals surface area (Å²) in [6.07, 6.45) is -2.52. The Hall–Kier alpha value is -1.80. The summed E-state index contributed by atoms with van der Waals surface area (Å²) in [7, 11) is 3.51. The first kappa shape index (κ1) is 20.2. The van der Waals surface area contributed by atoms with Crippen LogP contribution >= 0.6 is 0 Å². The number of benzene rings is 1. The van der Waals surface area contributed by atoms with Crippen LogP contribution in [0.4, 0.5) is 13.2 Å². The van der Waals surface area contributed by atoms with Gasteiger partial charge in [-0.25, -0.2) is 4.79 Å². The number of ether oxygens (including phenoxy) is 2. The van der Waals surface area contributed by atoms with E-state index in [1.807, 2.05) is 19.2 Å². The van der Waals surface area contributed by atoms with E-state index < -0.39 is 12.1 Å². The summed E-state index contributed by atoms with van der Waals surface area (Å²) in [4.78, 5) is 8.90. The first-order chi connectivity index (χ1) is 11.3. The minimum absolute atomic E-state index is 0.387. The van der Waals surface area contributed by atoms with Gasteiger partial charge in [0, 0.05) is 19.6 Å². The highest BCUT2D eigenvalue weighted by molar-refractivity contribution is 5.73. The Balaban J connectivity index is 0.000000351. The fourth-order valence-electron chi connectivity index (χ4n) is 2.48. The highest BCUT2D eigenvalue weighted by Gasteiger charge is 2.38. The lowest BCUT2D eigenvalue weighted by Gasteiger charge is -2.31. The minimum Gasteiger partial charge on any atom is -0.497 e. The highest BCUT2D eigenvalue weighted by Crippen LogP contribution is 2.21. The van der Waals surface area contributed by atoms with Gasteiger partial charge < -0.3 is 19.9 Å². The Kier molecular flexibility index (Phi) is 8.00. The zero-order valence-electron chi connectivity index (χ0n) is 13.6. The molecule has 1 aromatic rings. The quantitative estimate of drug-likeness (QED) is 0.874. The van der Waals surface area contributed by atoms with Gasteiger partial charge in [-0.3, -0.25) is 0 Å². The smallest absolute Gasteiger partial charge is 0.490 e. The molecule has 0 spiro atoms. The van der Waals surface area contributed by atoms with Crippen LogP contribution in [0, 0.1) is 5.92 Å². The maximum atomic E-state index is 10.6. The van der Waals surface area contributed by atoms with Crippen molar-refractivity contribution in [3.05, 3.63) is 29.8 Å². The second-order valence-corrected chi connectivity index (χ2v) is 5.38. The van der Waals surface area contributed by atoms with Crippen LogP contribution in [-0.4, -0.2) is 50.7 Å². The Bertz CT molecular complexity index is 505. The molecule has 1 aliphatic heterocycles. The number of hydrogen-bond acceptors (Lipinski definition) is 4. The molecule has 0 aromatic heterocycles. The fourth-order valence-corrected chi connectivity index (χ4v) is 2.48. The van der Waals surface area contributed by atoms with Crippen LogP contribution in [0.5, 0.6) is 5.75 Å². The normalized spacial score (nSPS) is 20.7. The Labute approximate surface area is 138 Å². The molecule has 8 heteroatoms. The number of alkyl halides is 3. The summed E-state index contributed by atoms with van der Waals surface area (Å²) < 4.78 is 42.5. The number of methoxy groups -OCH3 is 2. The van der Waals surface area contributed by atoms with Crippen molar-refractivity contribution in [1.82, 2.24) is 5.32 Å². The van der Waals surface area contributed by atoms with Gasteiger partial charge in [0.1, 0.15) is 5.75 Å². The van der Waals surface area contributed by atoms with Crippen LogP contribution in [0.25, 0.3) is 0 Å². The van der Waals surface area contributed by atoms with Gasteiger partial charge in [0.05, 0.1) is 13.2 Å². The summed E-state index contributed by atoms with van der Waals surface area (Å²) in [5.41, 5.74) is 1.35. The molecule has 2 rings (SSSR count). The average Bonchev–Trinajstić information content (AvgIpc) is 2.56. The van der Waals surface area contributed by atoms with Crippen LogP contribution in [0.3, 0.4) is 0 Å². The van der Waals surface area contributed by atoms with Gasteiger partial charge in [0.25, 0.3) is 0 Å². The lowest BCUT2D eigenvalue weighted by molar-refractivity contribution is -0.192. The predicted octanol–water partition coefficient (Wildman–Crippen LogP) is 2.50. The van der Waals surface area contributed by atoms with Crippen molar-refractivity contribution in [3.8, 4) is 5.75 Å². The predicted molar refractivity (Wildman–Crippen MR) is 82.2 cm³/mol. The molecule has 2 atom stereocenters. The van der Waals surface area contributed by atoms with Crippen LogP contribution < -0.4 is 10.1 Å². The van der Waals surface area contributed by atoms with Crippen molar-refractivity contribution < 1.29 is 32.5 Å². The third kappa shape index (κ3) is 6.76. The minimum atomic E-state index is -5.08. The Morgan fingerprint density at radius 1 is 1.29 bits per heavy atom. The summed E-state index contributed by atoms with van der Waals surface area (Å²) in [5.74, 6) is -1.27. The van der Waals surface area contributed by atoms with Gasteiger partial charge in [-0.1, -0.05) is 12.1 Å². The van der Waals surface area contributed by atoms with Gasteiger partial charge in [-0.15, -0.1) is 0 Å². The summed E-state index contributed by atoms with van der Waals surface area (Å²) in [6.45, 7) is 2.11. The molecular formula is C16H22F3NO4. The maximum absolute atomic E-state index is 10.6. The summed E-state index contributed by atoms with van der Waals surface area (Å²) in [5, 5.41) is 10.6. The molecular weight excluding hydrogens is 327 g/mol. The standard InChI is InChI=1S/C14H21NO2.C2HF3O2/c1-16-13-5-3-11(4-6-13)9-12-10-15-8-7-14(12)17-2;3-2(4,5)1(6)7/h3-6,12,14-15H,7-10H2,1-2H3;(H,6,7)/t12-,14-;/m0./s1. The number of halogens is 3. The molecule has 1 aliphatic rings. The summed E-state index contributed by atoms with van der Waals surface area (Å²) in [6, 6.07) is 8.32. The molecule has 5 nitrogen and oxygen atoms in total. The number of nitrogens with one attached hydrogen (secondary N) is 1. The molecule has 0 radical (unpaired) electrons. The highest BCUT2D eigenvalue weighted by atomic mass is 19.4. The molecule has 0 aliphatic carbocycles. The molecule has 0 unspecified atom stereocenters. The SMILES string of the molecule is COc1ccc(C[C@H]2CNCC[C@@H]2OC)cc1.O=C(O)C(F)(F)F. The van der Waals surface area contributed by atoms with Crippen molar-refractivity contribution in [3.63, 3.8) is 0 Å². The van der Waals surface area contributed by atoms with E-state index in [9.17, 15) is 13.2 Å². The van der Waals surface area contributed by atoms with Crippen LogP contribution in [0.2, 0.25) is 0 Å². The van der Waals surface area contributed by atoms with Crippen LogP contribution in [0.1, 0.15) is 12.0 Å². The fraction of sp³-hybridized carbons (Fsp3) is 0.562. The van der Waals surface area contributed by atoms with E-state index in [0.29, 0.717) is 12.0 Å². The van der Waals surface area contributed by atoms with Crippen LogP contribution in [0.15, 0.2) is 24.3 Å². The molecule has 0 saturated carbocycles. The maximum Gasteiger partial charge on any atom is 0.490 e. The lowest BCUT2D eigenvalue weighted by Crippen LogP contribution is -2.41. The first-order valence-electron chi connectivity index (χ1n) is 7.44. The number of carbonyl (C=O) groups is 1. The van der Waals surface area contributed by atoms with E-state index in [1.165, 1.54) is 5.56 Å². The van der Waals surface area contributed by atoms with Crippen molar-refractivity contribution >= 4 is 5.97 Å². The van der Waals surface area contributed by atoms with E-state index in [0.717, 1.165) is 31.7 Å². The topological polar surface area (TPSA) is 67.8 Å². The lowest BCUT2D eigenvalue weighted by atomic mass is 9.89. The number of rotatable bonds is 4. The van der Waals surface area contributed by atoms with Crippen molar-refractivity contribution in [2.75, 3.05) is 27.3 Å². The Morgan fingerprint density at radius 3 is 2.33 bits per heavy atom. The number of carboxylic acid groups (broad SMARTS) is 1. The molecule has 136 valence electrons. The van der Waals surface area contributed by atoms with E-state index in [4.69, 9.17) is 19.4 Å². The number of carboxylic acids is 1. The zero-order chi connectivity index (χ0) is 18.2.